The summed E-state index contributed by atoms with van der Waals surface area (Å²) in [5.41, 5.74) is -0.384. The molecule has 0 aliphatic carbocycles. The highest BCUT2D eigenvalue weighted by Gasteiger charge is 2.30. The molecule has 2 heteroatoms. The van der Waals surface area contributed by atoms with Gasteiger partial charge in [-0.2, -0.15) is 0 Å². The van der Waals surface area contributed by atoms with Crippen molar-refractivity contribution in [3.8, 4) is 0 Å². The van der Waals surface area contributed by atoms with Crippen LogP contribution in [0.2, 0.25) is 0 Å². The third-order valence-electron chi connectivity index (χ3n) is 3.94. The van der Waals surface area contributed by atoms with Crippen molar-refractivity contribution >= 4 is 5.97 Å². The van der Waals surface area contributed by atoms with E-state index in [2.05, 4.69) is 27.7 Å². The highest BCUT2D eigenvalue weighted by Crippen LogP contribution is 2.30. The van der Waals surface area contributed by atoms with Crippen molar-refractivity contribution in [2.24, 2.45) is 23.7 Å². The van der Waals surface area contributed by atoms with Crippen molar-refractivity contribution in [3.63, 3.8) is 0 Å². The molecule has 0 aliphatic heterocycles. The second-order valence-corrected chi connectivity index (χ2v) is 6.43. The van der Waals surface area contributed by atoms with Gasteiger partial charge in [0.2, 0.25) is 0 Å². The van der Waals surface area contributed by atoms with Crippen LogP contribution in [0, 0.1) is 23.7 Å². The second kappa shape index (κ2) is 6.42. The predicted octanol–water partition coefficient (Wildman–Crippen LogP) is 4.28. The summed E-state index contributed by atoms with van der Waals surface area (Å²) < 4.78 is 5.45. The lowest BCUT2D eigenvalue weighted by Gasteiger charge is -2.31. The highest BCUT2D eigenvalue weighted by atomic mass is 16.6. The summed E-state index contributed by atoms with van der Waals surface area (Å²) in [6.07, 6.45) is 1.16. The first-order valence-corrected chi connectivity index (χ1v) is 6.83. The maximum Gasteiger partial charge on any atom is 0.309 e. The fraction of sp³-hybridized carbons (Fsp3) is 0.933. The molecule has 4 unspecified atom stereocenters. The highest BCUT2D eigenvalue weighted by molar-refractivity contribution is 5.72. The Hall–Kier alpha value is -0.530. The third-order valence-corrected chi connectivity index (χ3v) is 3.94. The molecule has 0 aromatic heterocycles. The quantitative estimate of drug-likeness (QED) is 0.672. The summed E-state index contributed by atoms with van der Waals surface area (Å²) in [6.45, 7) is 16.6. The lowest BCUT2D eigenvalue weighted by Crippen LogP contribution is -2.33. The molecular weight excluding hydrogens is 212 g/mol. The van der Waals surface area contributed by atoms with Crippen LogP contribution in [0.1, 0.15) is 61.8 Å². The number of ether oxygens (including phenoxy) is 1. The van der Waals surface area contributed by atoms with Gasteiger partial charge in [0.05, 0.1) is 5.92 Å². The van der Waals surface area contributed by atoms with E-state index < -0.39 is 0 Å². The Morgan fingerprint density at radius 1 is 1.06 bits per heavy atom. The molecule has 2 nitrogen and oxygen atoms in total. The second-order valence-electron chi connectivity index (χ2n) is 6.43. The van der Waals surface area contributed by atoms with Gasteiger partial charge in [0, 0.05) is 0 Å². The lowest BCUT2D eigenvalue weighted by molar-refractivity contribution is -0.162. The lowest BCUT2D eigenvalue weighted by atomic mass is 9.77. The van der Waals surface area contributed by atoms with Crippen LogP contribution in [-0.2, 0) is 9.53 Å². The van der Waals surface area contributed by atoms with E-state index in [1.165, 1.54) is 0 Å². The van der Waals surface area contributed by atoms with E-state index in [4.69, 9.17) is 4.74 Å². The average molecular weight is 242 g/mol. The molecule has 0 aromatic carbocycles. The number of hydrogen-bond donors (Lipinski definition) is 0. The summed E-state index contributed by atoms with van der Waals surface area (Å²) in [7, 11) is 0. The van der Waals surface area contributed by atoms with Crippen LogP contribution in [-0.4, -0.2) is 11.6 Å². The monoisotopic (exact) mass is 242 g/mol. The van der Waals surface area contributed by atoms with Crippen LogP contribution in [0.25, 0.3) is 0 Å². The first kappa shape index (κ1) is 16.5. The molecule has 0 radical (unpaired) electrons. The zero-order chi connectivity index (χ0) is 13.8. The largest absolute Gasteiger partial charge is 0.460 e. The Morgan fingerprint density at radius 3 is 1.88 bits per heavy atom. The van der Waals surface area contributed by atoms with Crippen LogP contribution < -0.4 is 0 Å². The van der Waals surface area contributed by atoms with E-state index in [1.807, 2.05) is 27.7 Å². The number of rotatable bonds is 5. The first-order chi connectivity index (χ1) is 7.60. The molecule has 4 atom stereocenters. The van der Waals surface area contributed by atoms with Gasteiger partial charge in [-0.1, -0.05) is 41.0 Å². The zero-order valence-electron chi connectivity index (χ0n) is 12.8. The molecule has 0 amide bonds. The first-order valence-electron chi connectivity index (χ1n) is 6.83. The minimum absolute atomic E-state index is 0.0294. The Balaban J connectivity index is 4.49. The average Bonchev–Trinajstić information content (AvgIpc) is 2.22. The van der Waals surface area contributed by atoms with Crippen molar-refractivity contribution in [3.05, 3.63) is 0 Å². The fourth-order valence-corrected chi connectivity index (χ4v) is 1.95. The predicted molar refractivity (Wildman–Crippen MR) is 72.8 cm³/mol. The molecule has 0 saturated carbocycles. The molecule has 0 spiro atoms. The van der Waals surface area contributed by atoms with Crippen LogP contribution in [0.3, 0.4) is 0 Å². The molecule has 0 saturated heterocycles. The van der Waals surface area contributed by atoms with Crippen LogP contribution in [0.15, 0.2) is 0 Å². The van der Waals surface area contributed by atoms with Crippen LogP contribution in [0.5, 0.6) is 0 Å². The van der Waals surface area contributed by atoms with E-state index in [0.29, 0.717) is 17.8 Å². The molecule has 17 heavy (non-hydrogen) atoms. The van der Waals surface area contributed by atoms with Gasteiger partial charge in [0.15, 0.2) is 0 Å². The molecule has 0 heterocycles. The van der Waals surface area contributed by atoms with E-state index in [1.54, 1.807) is 0 Å². The molecular formula is C15H30O2. The Kier molecular flexibility index (Phi) is 6.22. The number of hydrogen-bond acceptors (Lipinski definition) is 2. The van der Waals surface area contributed by atoms with Gasteiger partial charge in [-0.05, 0) is 38.5 Å². The van der Waals surface area contributed by atoms with E-state index in [-0.39, 0.29) is 17.5 Å². The van der Waals surface area contributed by atoms with Gasteiger partial charge in [-0.25, -0.2) is 0 Å². The van der Waals surface area contributed by atoms with E-state index in [0.717, 1.165) is 6.42 Å². The van der Waals surface area contributed by atoms with Crippen molar-refractivity contribution in [1.29, 1.82) is 0 Å². The standard InChI is InChI=1S/C15H30O2/c1-9-10(2)11(3)12(4)13(5)14(16)17-15(6,7)8/h10-13H,9H2,1-8H3. The Bertz CT molecular complexity index is 240. The molecule has 0 rings (SSSR count). The molecule has 0 aliphatic rings. The number of carbonyl (C=O) groups excluding carboxylic acids is 1. The van der Waals surface area contributed by atoms with Crippen molar-refractivity contribution in [2.75, 3.05) is 0 Å². The van der Waals surface area contributed by atoms with Crippen molar-refractivity contribution < 1.29 is 9.53 Å². The van der Waals surface area contributed by atoms with Crippen molar-refractivity contribution in [1.82, 2.24) is 0 Å². The van der Waals surface area contributed by atoms with Crippen molar-refractivity contribution in [2.45, 2.75) is 67.4 Å². The summed E-state index contributed by atoms with van der Waals surface area (Å²) >= 11 is 0. The van der Waals surface area contributed by atoms with Gasteiger partial charge in [0.25, 0.3) is 0 Å². The maximum absolute atomic E-state index is 12.0. The normalized spacial score (nSPS) is 19.3. The third kappa shape index (κ3) is 5.56. The topological polar surface area (TPSA) is 26.3 Å². The Morgan fingerprint density at radius 2 is 1.53 bits per heavy atom. The summed E-state index contributed by atoms with van der Waals surface area (Å²) in [6, 6.07) is 0. The zero-order valence-corrected chi connectivity index (χ0v) is 12.8. The molecule has 0 bridgehead atoms. The van der Waals surface area contributed by atoms with E-state index in [9.17, 15) is 4.79 Å². The van der Waals surface area contributed by atoms with Crippen LogP contribution in [0.4, 0.5) is 0 Å². The number of esters is 1. The SMILES string of the molecule is CCC(C)C(C)C(C)C(C)C(=O)OC(C)(C)C. The molecule has 0 aromatic rings. The minimum atomic E-state index is -0.384. The summed E-state index contributed by atoms with van der Waals surface area (Å²) in [4.78, 5) is 12.0. The van der Waals surface area contributed by atoms with Gasteiger partial charge in [0.1, 0.15) is 5.60 Å². The molecule has 0 N–H and O–H groups in total. The fourth-order valence-electron chi connectivity index (χ4n) is 1.95. The number of carbonyl (C=O) groups is 1. The van der Waals surface area contributed by atoms with Gasteiger partial charge in [-0.3, -0.25) is 4.79 Å². The van der Waals surface area contributed by atoms with E-state index >= 15 is 0 Å². The van der Waals surface area contributed by atoms with Gasteiger partial charge < -0.3 is 4.74 Å². The van der Waals surface area contributed by atoms with Gasteiger partial charge >= 0.3 is 5.97 Å². The molecule has 0 fully saturated rings. The van der Waals surface area contributed by atoms with Crippen LogP contribution >= 0.6 is 0 Å². The summed E-state index contributed by atoms with van der Waals surface area (Å²) in [5, 5.41) is 0. The smallest absolute Gasteiger partial charge is 0.309 e. The summed E-state index contributed by atoms with van der Waals surface area (Å²) in [5.74, 6) is 1.45. The molecule has 102 valence electrons. The Labute approximate surface area is 107 Å². The van der Waals surface area contributed by atoms with Gasteiger partial charge in [-0.15, -0.1) is 0 Å². The minimum Gasteiger partial charge on any atom is -0.460 e. The maximum atomic E-state index is 12.0.